The van der Waals surface area contributed by atoms with E-state index in [0.717, 1.165) is 16.4 Å². The number of nitrogens with zero attached hydrogens (tertiary/aromatic N) is 4. The minimum atomic E-state index is -3.54. The van der Waals surface area contributed by atoms with Crippen molar-refractivity contribution in [2.75, 3.05) is 26.2 Å². The zero-order valence-corrected chi connectivity index (χ0v) is 20.6. The largest absolute Gasteiger partial charge is 0.339 e. The molecule has 1 aliphatic rings. The maximum absolute atomic E-state index is 13.1. The number of rotatable bonds is 6. The highest BCUT2D eigenvalue weighted by molar-refractivity contribution is 8.00. The molecule has 1 fully saturated rings. The number of thioether (sulfide) groups is 1. The van der Waals surface area contributed by atoms with E-state index in [2.05, 4.69) is 36.2 Å². The van der Waals surface area contributed by atoms with Crippen LogP contribution in [0, 0.1) is 6.92 Å². The number of hydrogen-bond acceptors (Lipinski definition) is 5. The highest BCUT2D eigenvalue weighted by Gasteiger charge is 2.32. The summed E-state index contributed by atoms with van der Waals surface area (Å²) < 4.78 is 29.1. The van der Waals surface area contributed by atoms with E-state index >= 15 is 0 Å². The van der Waals surface area contributed by atoms with Gasteiger partial charge >= 0.3 is 0 Å². The van der Waals surface area contributed by atoms with Crippen molar-refractivity contribution in [3.8, 4) is 11.3 Å². The van der Waals surface area contributed by atoms with Crippen LogP contribution in [-0.2, 0) is 21.9 Å². The van der Waals surface area contributed by atoms with E-state index in [4.69, 9.17) is 0 Å². The summed E-state index contributed by atoms with van der Waals surface area (Å²) in [5, 5.41) is 0.450. The Bertz CT molecular complexity index is 1220. The van der Waals surface area contributed by atoms with Crippen LogP contribution in [0.1, 0.15) is 12.5 Å². The number of carbonyl (C=O) groups excluding carboxylic acids is 1. The SMILES string of the molecule is Cc1ccc(-c2cnc(S[C@@H](C)C(=O)N3CCN(S(=O)(=O)c4ccccc4)CC3)n2C)cc1. The Hall–Kier alpha value is -2.62. The number of imidazole rings is 1. The second-order valence-electron chi connectivity index (χ2n) is 8.15. The first-order valence-electron chi connectivity index (χ1n) is 10.9. The number of benzene rings is 2. The first-order chi connectivity index (χ1) is 15.8. The fourth-order valence-electron chi connectivity index (χ4n) is 3.85. The van der Waals surface area contributed by atoms with Gasteiger partial charge in [0.2, 0.25) is 15.9 Å². The highest BCUT2D eigenvalue weighted by atomic mass is 32.2. The lowest BCUT2D eigenvalue weighted by atomic mass is 10.1. The third kappa shape index (κ3) is 5.00. The molecule has 33 heavy (non-hydrogen) atoms. The molecule has 9 heteroatoms. The fraction of sp³-hybridized carbons (Fsp3) is 0.333. The smallest absolute Gasteiger partial charge is 0.243 e. The van der Waals surface area contributed by atoms with E-state index in [9.17, 15) is 13.2 Å². The molecule has 1 atom stereocenters. The van der Waals surface area contributed by atoms with Gasteiger partial charge in [0.05, 0.1) is 22.0 Å². The highest BCUT2D eigenvalue weighted by Crippen LogP contribution is 2.29. The second kappa shape index (κ2) is 9.70. The van der Waals surface area contributed by atoms with Gasteiger partial charge in [-0.3, -0.25) is 4.79 Å². The van der Waals surface area contributed by atoms with Crippen molar-refractivity contribution in [2.45, 2.75) is 29.1 Å². The summed E-state index contributed by atoms with van der Waals surface area (Å²) in [6.07, 6.45) is 1.83. The molecule has 0 unspecified atom stereocenters. The van der Waals surface area contributed by atoms with Crippen molar-refractivity contribution in [1.29, 1.82) is 0 Å². The standard InChI is InChI=1S/C24H28N4O3S2/c1-18-9-11-20(12-10-18)22-17-25-24(26(22)3)32-19(2)23(29)27-13-15-28(16-14-27)33(30,31)21-7-5-4-6-8-21/h4-12,17,19H,13-16H2,1-3H3/t19-/m0/s1. The van der Waals surface area contributed by atoms with Crippen LogP contribution in [0.15, 0.2) is 70.8 Å². The molecule has 0 bridgehead atoms. The van der Waals surface area contributed by atoms with Crippen LogP contribution in [0.2, 0.25) is 0 Å². The lowest BCUT2D eigenvalue weighted by molar-refractivity contribution is -0.131. The molecule has 0 aliphatic carbocycles. The van der Waals surface area contributed by atoms with Gasteiger partial charge < -0.3 is 9.47 Å². The predicted octanol–water partition coefficient (Wildman–Crippen LogP) is 3.41. The molecule has 1 saturated heterocycles. The Balaban J connectivity index is 1.37. The number of piperazine rings is 1. The van der Waals surface area contributed by atoms with E-state index in [0.29, 0.717) is 26.2 Å². The molecule has 7 nitrogen and oxygen atoms in total. The third-order valence-corrected chi connectivity index (χ3v) is 8.91. The number of hydrogen-bond donors (Lipinski definition) is 0. The third-order valence-electron chi connectivity index (χ3n) is 5.85. The Labute approximate surface area is 199 Å². The number of aromatic nitrogens is 2. The molecule has 0 N–H and O–H groups in total. The van der Waals surface area contributed by atoms with Crippen LogP contribution in [0.3, 0.4) is 0 Å². The molecule has 2 aromatic carbocycles. The second-order valence-corrected chi connectivity index (χ2v) is 11.4. The van der Waals surface area contributed by atoms with Gasteiger partial charge in [0.1, 0.15) is 0 Å². The Morgan fingerprint density at radius 3 is 2.27 bits per heavy atom. The molecule has 0 spiro atoms. The van der Waals surface area contributed by atoms with Crippen LogP contribution in [0.5, 0.6) is 0 Å². The Morgan fingerprint density at radius 1 is 1.00 bits per heavy atom. The average molecular weight is 485 g/mol. The van der Waals surface area contributed by atoms with E-state index in [-0.39, 0.29) is 16.1 Å². The zero-order chi connectivity index (χ0) is 23.6. The first-order valence-corrected chi connectivity index (χ1v) is 13.2. The van der Waals surface area contributed by atoms with Crippen molar-refractivity contribution in [3.63, 3.8) is 0 Å². The minimum absolute atomic E-state index is 0.00311. The summed E-state index contributed by atoms with van der Waals surface area (Å²) in [5.74, 6) is -0.00311. The summed E-state index contributed by atoms with van der Waals surface area (Å²) in [6, 6.07) is 16.7. The molecule has 1 aliphatic heterocycles. The van der Waals surface area contributed by atoms with Crippen molar-refractivity contribution in [2.24, 2.45) is 7.05 Å². The molecule has 1 amide bonds. The lowest BCUT2D eigenvalue weighted by Crippen LogP contribution is -2.52. The molecular formula is C24H28N4O3S2. The number of sulfonamides is 1. The zero-order valence-electron chi connectivity index (χ0n) is 19.0. The summed E-state index contributed by atoms with van der Waals surface area (Å²) in [6.45, 7) is 5.27. The lowest BCUT2D eigenvalue weighted by Gasteiger charge is -2.35. The molecule has 1 aromatic heterocycles. The van der Waals surface area contributed by atoms with Crippen LogP contribution < -0.4 is 0 Å². The minimum Gasteiger partial charge on any atom is -0.339 e. The van der Waals surface area contributed by atoms with E-state index in [1.165, 1.54) is 21.6 Å². The van der Waals surface area contributed by atoms with Crippen LogP contribution in [0.25, 0.3) is 11.3 Å². The van der Waals surface area contributed by atoms with Crippen molar-refractivity contribution < 1.29 is 13.2 Å². The molecule has 0 radical (unpaired) electrons. The van der Waals surface area contributed by atoms with Crippen LogP contribution in [0.4, 0.5) is 0 Å². The van der Waals surface area contributed by atoms with Gasteiger partial charge in [0.15, 0.2) is 5.16 Å². The molecule has 3 aromatic rings. The number of amides is 1. The average Bonchev–Trinajstić information content (AvgIpc) is 3.19. The van der Waals surface area contributed by atoms with Gasteiger partial charge in [-0.25, -0.2) is 13.4 Å². The Kier molecular flexibility index (Phi) is 6.92. The maximum atomic E-state index is 13.1. The maximum Gasteiger partial charge on any atom is 0.243 e. The van der Waals surface area contributed by atoms with E-state index in [1.807, 2.05) is 24.7 Å². The fourth-order valence-corrected chi connectivity index (χ4v) is 6.23. The van der Waals surface area contributed by atoms with Crippen LogP contribution in [-0.4, -0.2) is 64.5 Å². The van der Waals surface area contributed by atoms with Gasteiger partial charge in [-0.1, -0.05) is 59.8 Å². The normalized spacial score (nSPS) is 16.0. The monoisotopic (exact) mass is 484 g/mol. The molecule has 4 rings (SSSR count). The molecule has 2 heterocycles. The summed E-state index contributed by atoms with van der Waals surface area (Å²) in [4.78, 5) is 19.6. The summed E-state index contributed by atoms with van der Waals surface area (Å²) in [5.41, 5.74) is 3.28. The molecule has 0 saturated carbocycles. The van der Waals surface area contributed by atoms with Crippen molar-refractivity contribution in [1.82, 2.24) is 18.8 Å². The van der Waals surface area contributed by atoms with E-state index in [1.54, 1.807) is 35.2 Å². The van der Waals surface area contributed by atoms with Gasteiger partial charge in [0, 0.05) is 33.2 Å². The van der Waals surface area contributed by atoms with Gasteiger partial charge in [-0.2, -0.15) is 4.31 Å². The quantitative estimate of drug-likeness (QED) is 0.501. The summed E-state index contributed by atoms with van der Waals surface area (Å²) >= 11 is 1.42. The van der Waals surface area contributed by atoms with Gasteiger partial charge in [-0.05, 0) is 31.5 Å². The number of aryl methyl sites for hydroxylation is 1. The van der Waals surface area contributed by atoms with Gasteiger partial charge in [-0.15, -0.1) is 0 Å². The van der Waals surface area contributed by atoms with Crippen LogP contribution >= 0.6 is 11.8 Å². The van der Waals surface area contributed by atoms with Crippen molar-refractivity contribution in [3.05, 3.63) is 66.4 Å². The summed E-state index contributed by atoms with van der Waals surface area (Å²) in [7, 11) is -1.58. The Morgan fingerprint density at radius 2 is 1.64 bits per heavy atom. The number of carbonyl (C=O) groups is 1. The van der Waals surface area contributed by atoms with Gasteiger partial charge in [0.25, 0.3) is 0 Å². The van der Waals surface area contributed by atoms with E-state index < -0.39 is 10.0 Å². The first kappa shape index (κ1) is 23.5. The molecular weight excluding hydrogens is 456 g/mol. The van der Waals surface area contributed by atoms with Crippen molar-refractivity contribution >= 4 is 27.7 Å². The predicted molar refractivity (Wildman–Crippen MR) is 130 cm³/mol. The molecule has 174 valence electrons. The topological polar surface area (TPSA) is 75.5 Å².